The van der Waals surface area contributed by atoms with Crippen LogP contribution in [0.4, 0.5) is 5.69 Å². The van der Waals surface area contributed by atoms with Gasteiger partial charge in [0.25, 0.3) is 5.91 Å². The van der Waals surface area contributed by atoms with Crippen LogP contribution >= 0.6 is 0 Å². The fraction of sp³-hybridized carbons (Fsp3) is 0.154. The molecule has 3 aromatic carbocycles. The summed E-state index contributed by atoms with van der Waals surface area (Å²) in [6.07, 6.45) is 1.52. The summed E-state index contributed by atoms with van der Waals surface area (Å²) in [6.45, 7) is 4.48. The summed E-state index contributed by atoms with van der Waals surface area (Å²) in [4.78, 5) is 12.6. The first kappa shape index (κ1) is 21.7. The Labute approximate surface area is 182 Å². The molecular weight excluding hydrogens is 388 g/mol. The van der Waals surface area contributed by atoms with Crippen molar-refractivity contribution in [2.45, 2.75) is 20.5 Å². The number of methoxy groups -OCH3 is 1. The highest BCUT2D eigenvalue weighted by atomic mass is 16.5. The highest BCUT2D eigenvalue weighted by Crippen LogP contribution is 2.28. The van der Waals surface area contributed by atoms with Gasteiger partial charge in [-0.25, -0.2) is 0 Å². The molecule has 0 fully saturated rings. The normalized spacial score (nSPS) is 10.8. The maximum absolute atomic E-state index is 12.6. The molecule has 0 atom stereocenters. The van der Waals surface area contributed by atoms with E-state index in [4.69, 9.17) is 9.47 Å². The smallest absolute Gasteiger partial charge is 0.266 e. The number of nitrogens with one attached hydrogen (secondary N) is 1. The summed E-state index contributed by atoms with van der Waals surface area (Å²) >= 11 is 0. The maximum atomic E-state index is 12.6. The largest absolute Gasteiger partial charge is 0.497 e. The molecule has 0 spiro atoms. The number of anilines is 1. The molecule has 0 aromatic heterocycles. The average Bonchev–Trinajstić information content (AvgIpc) is 2.79. The van der Waals surface area contributed by atoms with Gasteiger partial charge in [-0.3, -0.25) is 4.79 Å². The lowest BCUT2D eigenvalue weighted by Gasteiger charge is -2.12. The molecule has 1 N–H and O–H groups in total. The first-order valence-corrected chi connectivity index (χ1v) is 9.85. The highest BCUT2D eigenvalue weighted by Gasteiger charge is 2.12. The second kappa shape index (κ2) is 10.1. The zero-order valence-corrected chi connectivity index (χ0v) is 17.8. The van der Waals surface area contributed by atoms with Crippen molar-refractivity contribution in [2.75, 3.05) is 12.4 Å². The van der Waals surface area contributed by atoms with E-state index in [1.807, 2.05) is 30.3 Å². The number of hydrogen-bond acceptors (Lipinski definition) is 4. The van der Waals surface area contributed by atoms with Gasteiger partial charge in [-0.2, -0.15) is 5.26 Å². The first-order chi connectivity index (χ1) is 15.0. The molecule has 0 aliphatic heterocycles. The molecule has 3 rings (SSSR count). The minimum atomic E-state index is -0.482. The van der Waals surface area contributed by atoms with Crippen molar-refractivity contribution in [3.8, 4) is 17.6 Å². The molecule has 0 aliphatic carbocycles. The minimum absolute atomic E-state index is 0.0231. The number of aryl methyl sites for hydroxylation is 2. The van der Waals surface area contributed by atoms with Crippen LogP contribution in [0.3, 0.4) is 0 Å². The summed E-state index contributed by atoms with van der Waals surface area (Å²) in [5.41, 5.74) is 4.65. The second-order valence-corrected chi connectivity index (χ2v) is 7.10. The topological polar surface area (TPSA) is 71.3 Å². The number of rotatable bonds is 7. The van der Waals surface area contributed by atoms with Gasteiger partial charge in [0.15, 0.2) is 0 Å². The van der Waals surface area contributed by atoms with E-state index < -0.39 is 5.91 Å². The summed E-state index contributed by atoms with van der Waals surface area (Å²) in [6, 6.07) is 22.4. The summed E-state index contributed by atoms with van der Waals surface area (Å²) in [5, 5.41) is 12.3. The van der Waals surface area contributed by atoms with Crippen LogP contribution in [0.25, 0.3) is 6.08 Å². The average molecular weight is 412 g/mol. The number of hydrogen-bond donors (Lipinski definition) is 1. The zero-order valence-electron chi connectivity index (χ0n) is 17.8. The van der Waals surface area contributed by atoms with Gasteiger partial charge in [-0.15, -0.1) is 0 Å². The number of nitrogens with zero attached hydrogens (tertiary/aromatic N) is 1. The number of ether oxygens (including phenoxy) is 2. The van der Waals surface area contributed by atoms with Crippen molar-refractivity contribution in [3.63, 3.8) is 0 Å². The summed E-state index contributed by atoms with van der Waals surface area (Å²) in [5.74, 6) is 0.668. The predicted molar refractivity (Wildman–Crippen MR) is 122 cm³/mol. The second-order valence-electron chi connectivity index (χ2n) is 7.10. The fourth-order valence-electron chi connectivity index (χ4n) is 2.96. The number of nitriles is 1. The third-order valence-electron chi connectivity index (χ3n) is 4.88. The standard InChI is InChI=1S/C26H24N2O3/c1-18-9-10-20(13-19(18)2)17-31-25-15-24(30-3)12-11-21(25)14-22(16-27)26(29)28-23-7-5-4-6-8-23/h4-15H,17H2,1-3H3,(H,28,29)/b22-14+. The molecule has 156 valence electrons. The van der Waals surface area contributed by atoms with Gasteiger partial charge in [0.1, 0.15) is 29.7 Å². The molecule has 31 heavy (non-hydrogen) atoms. The molecule has 3 aromatic rings. The number of carbonyl (C=O) groups excluding carboxylic acids is 1. The molecule has 0 heterocycles. The Balaban J connectivity index is 1.85. The van der Waals surface area contributed by atoms with Gasteiger partial charge in [0.05, 0.1) is 7.11 Å². The van der Waals surface area contributed by atoms with Crippen molar-refractivity contribution < 1.29 is 14.3 Å². The van der Waals surface area contributed by atoms with Crippen LogP contribution in [-0.2, 0) is 11.4 Å². The van der Waals surface area contributed by atoms with Crippen molar-refractivity contribution >= 4 is 17.7 Å². The predicted octanol–water partition coefficient (Wildman–Crippen LogP) is 5.44. The van der Waals surface area contributed by atoms with E-state index in [1.165, 1.54) is 17.2 Å². The quantitative estimate of drug-likeness (QED) is 0.414. The van der Waals surface area contributed by atoms with Crippen LogP contribution in [0, 0.1) is 25.2 Å². The maximum Gasteiger partial charge on any atom is 0.266 e. The molecule has 0 radical (unpaired) electrons. The SMILES string of the molecule is COc1ccc(/C=C(\C#N)C(=O)Nc2ccccc2)c(OCc2ccc(C)c(C)c2)c1. The summed E-state index contributed by atoms with van der Waals surface area (Å²) < 4.78 is 11.3. The Bertz CT molecular complexity index is 1150. The van der Waals surface area contributed by atoms with E-state index in [0.717, 1.165) is 5.56 Å². The molecule has 0 aliphatic rings. The van der Waals surface area contributed by atoms with Crippen molar-refractivity contribution in [1.29, 1.82) is 5.26 Å². The Morgan fingerprint density at radius 1 is 1.03 bits per heavy atom. The van der Waals surface area contributed by atoms with E-state index in [-0.39, 0.29) is 5.57 Å². The van der Waals surface area contributed by atoms with E-state index in [2.05, 4.69) is 31.3 Å². The molecule has 5 heteroatoms. The molecule has 0 bridgehead atoms. The van der Waals surface area contributed by atoms with E-state index >= 15 is 0 Å². The fourth-order valence-corrected chi connectivity index (χ4v) is 2.96. The van der Waals surface area contributed by atoms with E-state index in [9.17, 15) is 10.1 Å². The van der Waals surface area contributed by atoms with Crippen LogP contribution in [0.2, 0.25) is 0 Å². The van der Waals surface area contributed by atoms with Crippen molar-refractivity contribution in [2.24, 2.45) is 0 Å². The van der Waals surface area contributed by atoms with Gasteiger partial charge in [0, 0.05) is 17.3 Å². The van der Waals surface area contributed by atoms with Crippen molar-refractivity contribution in [3.05, 3.63) is 94.6 Å². The lowest BCUT2D eigenvalue weighted by molar-refractivity contribution is -0.112. The monoisotopic (exact) mass is 412 g/mol. The lowest BCUT2D eigenvalue weighted by atomic mass is 10.1. The first-order valence-electron chi connectivity index (χ1n) is 9.85. The van der Waals surface area contributed by atoms with Crippen LogP contribution in [0.15, 0.2) is 72.3 Å². The molecule has 1 amide bonds. The van der Waals surface area contributed by atoms with E-state index in [0.29, 0.717) is 29.4 Å². The van der Waals surface area contributed by atoms with Gasteiger partial charge >= 0.3 is 0 Å². The van der Waals surface area contributed by atoms with Gasteiger partial charge < -0.3 is 14.8 Å². The van der Waals surface area contributed by atoms with E-state index in [1.54, 1.807) is 37.4 Å². The number of para-hydroxylation sites is 1. The lowest BCUT2D eigenvalue weighted by Crippen LogP contribution is -2.13. The molecule has 0 saturated heterocycles. The van der Waals surface area contributed by atoms with Crippen LogP contribution in [0.1, 0.15) is 22.3 Å². The Kier molecular flexibility index (Phi) is 7.08. The zero-order chi connectivity index (χ0) is 22.2. The van der Waals surface area contributed by atoms with Gasteiger partial charge in [0.2, 0.25) is 0 Å². The number of amides is 1. The van der Waals surface area contributed by atoms with Crippen LogP contribution in [0.5, 0.6) is 11.5 Å². The molecule has 5 nitrogen and oxygen atoms in total. The van der Waals surface area contributed by atoms with Gasteiger partial charge in [-0.05, 0) is 60.9 Å². The van der Waals surface area contributed by atoms with Crippen LogP contribution in [-0.4, -0.2) is 13.0 Å². The van der Waals surface area contributed by atoms with Gasteiger partial charge in [-0.1, -0.05) is 36.4 Å². The molecule has 0 saturated carbocycles. The Morgan fingerprint density at radius 3 is 2.48 bits per heavy atom. The Hall–Kier alpha value is -4.04. The highest BCUT2D eigenvalue weighted by molar-refractivity contribution is 6.09. The number of benzene rings is 3. The van der Waals surface area contributed by atoms with Crippen molar-refractivity contribution in [1.82, 2.24) is 0 Å². The minimum Gasteiger partial charge on any atom is -0.497 e. The summed E-state index contributed by atoms with van der Waals surface area (Å²) in [7, 11) is 1.58. The third-order valence-corrected chi connectivity index (χ3v) is 4.88. The Morgan fingerprint density at radius 2 is 1.81 bits per heavy atom. The number of carbonyl (C=O) groups is 1. The third kappa shape index (κ3) is 5.74. The van der Waals surface area contributed by atoms with Crippen LogP contribution < -0.4 is 14.8 Å². The molecular formula is C26H24N2O3. The molecule has 0 unspecified atom stereocenters.